The number of benzene rings is 2. The molecule has 2 aromatic carbocycles. The fourth-order valence-electron chi connectivity index (χ4n) is 3.16. The molecule has 174 valence electrons. The molecule has 0 bridgehead atoms. The van der Waals surface area contributed by atoms with E-state index in [-0.39, 0.29) is 24.7 Å². The number of aliphatic imine (C=N–C) groups is 2. The summed E-state index contributed by atoms with van der Waals surface area (Å²) in [6.45, 7) is 0.113. The molecule has 34 heavy (non-hydrogen) atoms. The zero-order chi connectivity index (χ0) is 24.5. The van der Waals surface area contributed by atoms with Crippen molar-refractivity contribution in [3.8, 4) is 0 Å². The maximum absolute atomic E-state index is 12.4. The lowest BCUT2D eigenvalue weighted by atomic mass is 10.1. The maximum Gasteiger partial charge on any atom is 0.184 e. The first-order valence-corrected chi connectivity index (χ1v) is 10.9. The minimum atomic E-state index is -0.0515. The van der Waals surface area contributed by atoms with Crippen LogP contribution in [-0.2, 0) is 0 Å². The Balaban J connectivity index is 1.54. The van der Waals surface area contributed by atoms with Crippen LogP contribution in [0.15, 0.2) is 77.0 Å². The van der Waals surface area contributed by atoms with Crippen LogP contribution in [0.2, 0.25) is 0 Å². The highest BCUT2D eigenvalue weighted by Gasteiger charge is 2.06. The van der Waals surface area contributed by atoms with Gasteiger partial charge in [-0.25, -0.2) is 0 Å². The van der Waals surface area contributed by atoms with Gasteiger partial charge in [0.15, 0.2) is 11.6 Å². The molecule has 1 aromatic heterocycles. The molecule has 0 radical (unpaired) electrons. The van der Waals surface area contributed by atoms with E-state index in [1.54, 1.807) is 24.8 Å². The predicted molar refractivity (Wildman–Crippen MR) is 139 cm³/mol. The third kappa shape index (κ3) is 6.93. The number of carbonyl (C=O) groups excluding carboxylic acids is 2. The molecular formula is C27H29N5O2. The fourth-order valence-corrected chi connectivity index (χ4v) is 3.16. The van der Waals surface area contributed by atoms with Crippen molar-refractivity contribution in [1.82, 2.24) is 4.98 Å². The van der Waals surface area contributed by atoms with E-state index in [9.17, 15) is 9.59 Å². The number of pyridine rings is 1. The van der Waals surface area contributed by atoms with Crippen molar-refractivity contribution in [2.45, 2.75) is 0 Å². The van der Waals surface area contributed by atoms with Gasteiger partial charge < -0.3 is 9.80 Å². The minimum absolute atomic E-state index is 0.0515. The van der Waals surface area contributed by atoms with Crippen LogP contribution in [0.4, 0.5) is 11.4 Å². The SMILES string of the molecule is CN(C)c1ccc(C(=O)CN=Cc2cncc(C=NCC(=O)c3ccc(N(C)C)cc3)c2)cc1. The van der Waals surface area contributed by atoms with Gasteiger partial charge in [0, 0.05) is 86.6 Å². The standard InChI is InChI=1S/C27H29N5O2/c1-31(2)24-9-5-22(6-10-24)26(33)18-29-16-20-13-21(15-28-14-20)17-30-19-27(34)23-7-11-25(12-8-23)32(3)4/h5-17H,18-19H2,1-4H3. The van der Waals surface area contributed by atoms with Crippen molar-refractivity contribution in [3.63, 3.8) is 0 Å². The summed E-state index contributed by atoms with van der Waals surface area (Å²) in [4.78, 5) is 41.4. The predicted octanol–water partition coefficient (Wildman–Crippen LogP) is 3.82. The monoisotopic (exact) mass is 455 g/mol. The van der Waals surface area contributed by atoms with Crippen molar-refractivity contribution in [2.24, 2.45) is 9.98 Å². The summed E-state index contributed by atoms with van der Waals surface area (Å²) in [7, 11) is 7.82. The second-order valence-electron chi connectivity index (χ2n) is 8.22. The molecule has 0 aliphatic rings. The molecule has 0 atom stereocenters. The van der Waals surface area contributed by atoms with Crippen LogP contribution in [0.5, 0.6) is 0 Å². The normalized spacial score (nSPS) is 11.2. The van der Waals surface area contributed by atoms with E-state index in [0.29, 0.717) is 11.1 Å². The number of rotatable bonds is 10. The Labute approximate surface area is 200 Å². The van der Waals surface area contributed by atoms with E-state index < -0.39 is 0 Å². The van der Waals surface area contributed by atoms with Crippen molar-refractivity contribution in [1.29, 1.82) is 0 Å². The van der Waals surface area contributed by atoms with Crippen molar-refractivity contribution >= 4 is 35.4 Å². The van der Waals surface area contributed by atoms with E-state index in [2.05, 4.69) is 15.0 Å². The summed E-state index contributed by atoms with van der Waals surface area (Å²) in [5.41, 5.74) is 4.84. The highest BCUT2D eigenvalue weighted by atomic mass is 16.1. The molecule has 0 unspecified atom stereocenters. The molecule has 7 heteroatoms. The van der Waals surface area contributed by atoms with Crippen LogP contribution in [0.25, 0.3) is 0 Å². The van der Waals surface area contributed by atoms with Gasteiger partial charge >= 0.3 is 0 Å². The van der Waals surface area contributed by atoms with E-state index in [4.69, 9.17) is 0 Å². The number of hydrogen-bond acceptors (Lipinski definition) is 7. The lowest BCUT2D eigenvalue weighted by Crippen LogP contribution is -2.09. The second kappa shape index (κ2) is 11.7. The van der Waals surface area contributed by atoms with Gasteiger partial charge in [0.1, 0.15) is 13.1 Å². The highest BCUT2D eigenvalue weighted by Crippen LogP contribution is 2.13. The molecule has 0 amide bonds. The Hall–Kier alpha value is -4.13. The first-order chi connectivity index (χ1) is 16.3. The third-order valence-corrected chi connectivity index (χ3v) is 5.14. The maximum atomic E-state index is 12.4. The minimum Gasteiger partial charge on any atom is -0.378 e. The van der Waals surface area contributed by atoms with Crippen molar-refractivity contribution < 1.29 is 9.59 Å². The molecule has 3 aromatic rings. The zero-order valence-corrected chi connectivity index (χ0v) is 20.0. The largest absolute Gasteiger partial charge is 0.378 e. The molecular weight excluding hydrogens is 426 g/mol. The van der Waals surface area contributed by atoms with E-state index >= 15 is 0 Å². The number of hydrogen-bond donors (Lipinski definition) is 0. The Morgan fingerprint density at radius 3 is 1.44 bits per heavy atom. The average Bonchev–Trinajstić information content (AvgIpc) is 2.84. The lowest BCUT2D eigenvalue weighted by molar-refractivity contribution is 0.0994. The van der Waals surface area contributed by atoms with Gasteiger partial charge in [-0.05, 0) is 54.6 Å². The summed E-state index contributed by atoms with van der Waals surface area (Å²) in [6.07, 6.45) is 6.56. The van der Waals surface area contributed by atoms with Gasteiger partial charge in [-0.15, -0.1) is 0 Å². The van der Waals surface area contributed by atoms with E-state index in [1.165, 1.54) is 0 Å². The quantitative estimate of drug-likeness (QED) is 0.343. The Bertz CT molecular complexity index is 1090. The van der Waals surface area contributed by atoms with Gasteiger partial charge in [0.05, 0.1) is 0 Å². The lowest BCUT2D eigenvalue weighted by Gasteiger charge is -2.12. The second-order valence-corrected chi connectivity index (χ2v) is 8.22. The third-order valence-electron chi connectivity index (χ3n) is 5.14. The molecule has 0 saturated carbocycles. The number of aromatic nitrogens is 1. The van der Waals surface area contributed by atoms with Gasteiger partial charge in [-0.2, -0.15) is 0 Å². The molecule has 0 N–H and O–H groups in total. The molecule has 0 aliphatic heterocycles. The first kappa shape index (κ1) is 24.5. The van der Waals surface area contributed by atoms with Crippen molar-refractivity contribution in [2.75, 3.05) is 51.1 Å². The van der Waals surface area contributed by atoms with E-state index in [1.807, 2.05) is 92.6 Å². The Morgan fingerprint density at radius 1 is 0.706 bits per heavy atom. The van der Waals surface area contributed by atoms with Gasteiger partial charge in [-0.1, -0.05) is 0 Å². The highest BCUT2D eigenvalue weighted by molar-refractivity contribution is 6.00. The summed E-state index contributed by atoms with van der Waals surface area (Å²) in [5, 5.41) is 0. The van der Waals surface area contributed by atoms with Crippen LogP contribution in [0.3, 0.4) is 0 Å². The fraction of sp³-hybridized carbons (Fsp3) is 0.222. The molecule has 0 fully saturated rings. The molecule has 0 saturated heterocycles. The molecule has 0 aliphatic carbocycles. The summed E-state index contributed by atoms with van der Waals surface area (Å²) >= 11 is 0. The summed E-state index contributed by atoms with van der Waals surface area (Å²) in [5.74, 6) is -0.103. The van der Waals surface area contributed by atoms with Gasteiger partial charge in [0.2, 0.25) is 0 Å². The zero-order valence-electron chi connectivity index (χ0n) is 20.0. The number of carbonyl (C=O) groups is 2. The van der Waals surface area contributed by atoms with Crippen LogP contribution in [-0.4, -0.2) is 70.3 Å². The van der Waals surface area contributed by atoms with Crippen LogP contribution in [0.1, 0.15) is 31.8 Å². The van der Waals surface area contributed by atoms with Crippen molar-refractivity contribution in [3.05, 3.63) is 89.2 Å². The summed E-state index contributed by atoms with van der Waals surface area (Å²) in [6, 6.07) is 16.7. The molecule has 7 nitrogen and oxygen atoms in total. The Morgan fingerprint density at radius 2 is 1.09 bits per heavy atom. The van der Waals surface area contributed by atoms with E-state index in [0.717, 1.165) is 22.5 Å². The number of ketones is 2. The molecule has 3 rings (SSSR count). The number of Topliss-reactive ketones (excluding diaryl/α,β-unsaturated/α-hetero) is 2. The van der Waals surface area contributed by atoms with Gasteiger partial charge in [-0.3, -0.25) is 24.6 Å². The molecule has 0 spiro atoms. The topological polar surface area (TPSA) is 78.2 Å². The van der Waals surface area contributed by atoms with Gasteiger partial charge in [0.25, 0.3) is 0 Å². The first-order valence-electron chi connectivity index (χ1n) is 10.9. The average molecular weight is 456 g/mol. The Kier molecular flexibility index (Phi) is 8.40. The number of nitrogens with zero attached hydrogens (tertiary/aromatic N) is 5. The van der Waals surface area contributed by atoms with Crippen LogP contribution < -0.4 is 9.80 Å². The smallest absolute Gasteiger partial charge is 0.184 e. The summed E-state index contributed by atoms with van der Waals surface area (Å²) < 4.78 is 0. The van der Waals surface area contributed by atoms with Crippen LogP contribution >= 0.6 is 0 Å². The molecule has 1 heterocycles. The van der Waals surface area contributed by atoms with Crippen LogP contribution in [0, 0.1) is 0 Å². The number of anilines is 2.